The zero-order valence-corrected chi connectivity index (χ0v) is 12.0. The van der Waals surface area contributed by atoms with Crippen molar-refractivity contribution in [3.63, 3.8) is 0 Å². The zero-order chi connectivity index (χ0) is 13.0. The number of nitrogens with one attached hydrogen (secondary N) is 1. The van der Waals surface area contributed by atoms with Gasteiger partial charge in [-0.1, -0.05) is 20.3 Å². The molecule has 1 saturated carbocycles. The maximum atomic E-state index is 4.53. The maximum absolute atomic E-state index is 4.53. The third-order valence-electron chi connectivity index (χ3n) is 4.16. The number of hydrogen-bond donors (Lipinski definition) is 1. The summed E-state index contributed by atoms with van der Waals surface area (Å²) in [7, 11) is 2.00. The molecule has 3 nitrogen and oxygen atoms in total. The van der Waals surface area contributed by atoms with Gasteiger partial charge in [-0.15, -0.1) is 0 Å². The van der Waals surface area contributed by atoms with Crippen LogP contribution >= 0.6 is 0 Å². The SMILES string of the molecule is CCCNC(Cc1ccn(C)n1)C1CCC(C)C1. The Bertz CT molecular complexity index is 358. The molecule has 0 spiro atoms. The summed E-state index contributed by atoms with van der Waals surface area (Å²) in [5.74, 6) is 1.75. The Morgan fingerprint density at radius 1 is 1.50 bits per heavy atom. The molecule has 3 heteroatoms. The number of aromatic nitrogens is 2. The van der Waals surface area contributed by atoms with Gasteiger partial charge in [0, 0.05) is 25.7 Å². The van der Waals surface area contributed by atoms with Crippen molar-refractivity contribution in [3.8, 4) is 0 Å². The topological polar surface area (TPSA) is 29.9 Å². The first kappa shape index (κ1) is 13.6. The first-order chi connectivity index (χ1) is 8.69. The highest BCUT2D eigenvalue weighted by molar-refractivity contribution is 5.03. The molecular formula is C15H27N3. The third-order valence-corrected chi connectivity index (χ3v) is 4.16. The van der Waals surface area contributed by atoms with Crippen molar-refractivity contribution >= 4 is 0 Å². The molecule has 3 atom stereocenters. The average Bonchev–Trinajstić information content (AvgIpc) is 2.93. The summed E-state index contributed by atoms with van der Waals surface area (Å²) in [6.07, 6.45) is 8.50. The quantitative estimate of drug-likeness (QED) is 0.840. The Morgan fingerprint density at radius 3 is 2.89 bits per heavy atom. The Labute approximate surface area is 111 Å². The summed E-state index contributed by atoms with van der Waals surface area (Å²) in [5, 5.41) is 8.27. The molecule has 1 N–H and O–H groups in total. The molecule has 0 aliphatic heterocycles. The molecule has 0 saturated heterocycles. The molecule has 102 valence electrons. The summed E-state index contributed by atoms with van der Waals surface area (Å²) in [6.45, 7) is 5.75. The normalized spacial score (nSPS) is 25.5. The van der Waals surface area contributed by atoms with Gasteiger partial charge in [0.2, 0.25) is 0 Å². The Hall–Kier alpha value is -0.830. The van der Waals surface area contributed by atoms with Crippen LogP contribution in [0.4, 0.5) is 0 Å². The lowest BCUT2D eigenvalue weighted by Crippen LogP contribution is -2.37. The van der Waals surface area contributed by atoms with Crippen LogP contribution in [0.1, 0.15) is 45.2 Å². The van der Waals surface area contributed by atoms with E-state index in [1.807, 2.05) is 17.9 Å². The molecule has 1 aromatic rings. The van der Waals surface area contributed by atoms with Crippen molar-refractivity contribution in [2.24, 2.45) is 18.9 Å². The fourth-order valence-corrected chi connectivity index (χ4v) is 3.15. The summed E-state index contributed by atoms with van der Waals surface area (Å²) in [6, 6.07) is 2.77. The van der Waals surface area contributed by atoms with E-state index in [-0.39, 0.29) is 0 Å². The van der Waals surface area contributed by atoms with Crippen LogP contribution in [0.25, 0.3) is 0 Å². The fourth-order valence-electron chi connectivity index (χ4n) is 3.15. The van der Waals surface area contributed by atoms with E-state index in [4.69, 9.17) is 0 Å². The zero-order valence-electron chi connectivity index (χ0n) is 12.0. The lowest BCUT2D eigenvalue weighted by atomic mass is 9.93. The van der Waals surface area contributed by atoms with Crippen LogP contribution in [0.3, 0.4) is 0 Å². The number of rotatable bonds is 6. The smallest absolute Gasteiger partial charge is 0.0640 e. The number of aryl methyl sites for hydroxylation is 1. The second-order valence-corrected chi connectivity index (χ2v) is 5.92. The minimum absolute atomic E-state index is 0.616. The molecule has 3 unspecified atom stereocenters. The van der Waals surface area contributed by atoms with Gasteiger partial charge < -0.3 is 5.32 Å². The van der Waals surface area contributed by atoms with Crippen molar-refractivity contribution in [2.45, 2.75) is 52.0 Å². The van der Waals surface area contributed by atoms with E-state index in [1.165, 1.54) is 31.4 Å². The predicted octanol–water partition coefficient (Wildman–Crippen LogP) is 2.77. The molecule has 1 aromatic heterocycles. The molecule has 2 rings (SSSR count). The van der Waals surface area contributed by atoms with E-state index >= 15 is 0 Å². The van der Waals surface area contributed by atoms with E-state index in [0.717, 1.165) is 24.8 Å². The van der Waals surface area contributed by atoms with Gasteiger partial charge in [0.05, 0.1) is 5.69 Å². The van der Waals surface area contributed by atoms with Gasteiger partial charge in [0.25, 0.3) is 0 Å². The monoisotopic (exact) mass is 249 g/mol. The van der Waals surface area contributed by atoms with Crippen LogP contribution in [0.2, 0.25) is 0 Å². The van der Waals surface area contributed by atoms with Crippen LogP contribution in [0.5, 0.6) is 0 Å². The van der Waals surface area contributed by atoms with Crippen LogP contribution in [0, 0.1) is 11.8 Å². The summed E-state index contributed by atoms with van der Waals surface area (Å²) >= 11 is 0. The Balaban J connectivity index is 1.96. The highest BCUT2D eigenvalue weighted by atomic mass is 15.2. The summed E-state index contributed by atoms with van der Waals surface area (Å²) in [4.78, 5) is 0. The number of hydrogen-bond acceptors (Lipinski definition) is 2. The molecule has 18 heavy (non-hydrogen) atoms. The molecule has 0 aromatic carbocycles. The fraction of sp³-hybridized carbons (Fsp3) is 0.800. The molecule has 1 fully saturated rings. The highest BCUT2D eigenvalue weighted by Crippen LogP contribution is 2.33. The first-order valence-corrected chi connectivity index (χ1v) is 7.41. The van der Waals surface area contributed by atoms with Gasteiger partial charge in [0.15, 0.2) is 0 Å². The summed E-state index contributed by atoms with van der Waals surface area (Å²) in [5.41, 5.74) is 1.23. The number of nitrogens with zero attached hydrogens (tertiary/aromatic N) is 2. The van der Waals surface area contributed by atoms with Crippen molar-refractivity contribution < 1.29 is 0 Å². The van der Waals surface area contributed by atoms with E-state index in [0.29, 0.717) is 6.04 Å². The maximum Gasteiger partial charge on any atom is 0.0640 e. The van der Waals surface area contributed by atoms with Crippen molar-refractivity contribution in [1.82, 2.24) is 15.1 Å². The van der Waals surface area contributed by atoms with E-state index in [1.54, 1.807) is 0 Å². The third kappa shape index (κ3) is 3.58. The first-order valence-electron chi connectivity index (χ1n) is 7.41. The van der Waals surface area contributed by atoms with Gasteiger partial charge in [-0.3, -0.25) is 4.68 Å². The van der Waals surface area contributed by atoms with Crippen LogP contribution in [0.15, 0.2) is 12.3 Å². The second-order valence-electron chi connectivity index (χ2n) is 5.92. The van der Waals surface area contributed by atoms with Crippen molar-refractivity contribution in [1.29, 1.82) is 0 Å². The van der Waals surface area contributed by atoms with Crippen molar-refractivity contribution in [2.75, 3.05) is 6.54 Å². The molecule has 0 radical (unpaired) electrons. The van der Waals surface area contributed by atoms with Gasteiger partial charge >= 0.3 is 0 Å². The Morgan fingerprint density at radius 2 is 2.33 bits per heavy atom. The predicted molar refractivity (Wildman–Crippen MR) is 75.5 cm³/mol. The molecule has 0 bridgehead atoms. The van der Waals surface area contributed by atoms with Gasteiger partial charge in [-0.2, -0.15) is 5.10 Å². The van der Waals surface area contributed by atoms with Crippen molar-refractivity contribution in [3.05, 3.63) is 18.0 Å². The summed E-state index contributed by atoms with van der Waals surface area (Å²) < 4.78 is 1.91. The van der Waals surface area contributed by atoms with Gasteiger partial charge in [0.1, 0.15) is 0 Å². The Kier molecular flexibility index (Phi) is 4.81. The van der Waals surface area contributed by atoms with E-state index in [9.17, 15) is 0 Å². The molecule has 1 aliphatic rings. The van der Waals surface area contributed by atoms with Crippen LogP contribution in [-0.4, -0.2) is 22.4 Å². The van der Waals surface area contributed by atoms with Gasteiger partial charge in [-0.25, -0.2) is 0 Å². The second kappa shape index (κ2) is 6.37. The van der Waals surface area contributed by atoms with Crippen LogP contribution in [-0.2, 0) is 13.5 Å². The molecule has 0 amide bonds. The molecule has 1 aliphatic carbocycles. The lowest BCUT2D eigenvalue weighted by Gasteiger charge is -2.24. The minimum Gasteiger partial charge on any atom is -0.313 e. The van der Waals surface area contributed by atoms with E-state index < -0.39 is 0 Å². The van der Waals surface area contributed by atoms with Gasteiger partial charge in [-0.05, 0) is 43.7 Å². The standard InChI is InChI=1S/C15H27N3/c1-4-8-16-15(13-6-5-12(2)10-13)11-14-7-9-18(3)17-14/h7,9,12-13,15-16H,4-6,8,10-11H2,1-3H3. The molecule has 1 heterocycles. The van der Waals surface area contributed by atoms with E-state index in [2.05, 4.69) is 30.3 Å². The molecular weight excluding hydrogens is 222 g/mol. The highest BCUT2D eigenvalue weighted by Gasteiger charge is 2.28. The lowest BCUT2D eigenvalue weighted by molar-refractivity contribution is 0.346. The van der Waals surface area contributed by atoms with Crippen LogP contribution < -0.4 is 5.32 Å². The minimum atomic E-state index is 0.616. The average molecular weight is 249 g/mol. The largest absolute Gasteiger partial charge is 0.313 e.